The van der Waals surface area contributed by atoms with Gasteiger partial charge in [-0.3, -0.25) is 9.52 Å². The first kappa shape index (κ1) is 23.4. The standard InChI is InChI=1S/C23H25FN6O3S.2H2/c1-17(27-19-4-2-18(24)3-5-19)23(31)30-14-12-29(13-15-30)20-6-8-21(9-7-20)34(32,33)28-22-10-11-25-16-26-22;;/h2-11,16-17,27H,12-15H2,1H3,(H,25,26,28);2*1H. The molecule has 34 heavy (non-hydrogen) atoms. The average Bonchev–Trinajstić information content (AvgIpc) is 2.85. The maximum atomic E-state index is 13.1. The third-order valence-corrected chi connectivity index (χ3v) is 6.89. The van der Waals surface area contributed by atoms with Crippen molar-refractivity contribution in [1.29, 1.82) is 0 Å². The molecule has 1 unspecified atom stereocenters. The van der Waals surface area contributed by atoms with Crippen LogP contribution in [0.4, 0.5) is 21.6 Å². The number of piperazine rings is 1. The predicted molar refractivity (Wildman–Crippen MR) is 132 cm³/mol. The molecular weight excluding hydrogens is 459 g/mol. The SMILES string of the molecule is CC(Nc1ccc(F)cc1)C(=O)N1CCN(c2ccc(S(=O)(=O)Nc3ccncn3)cc2)CC1.[HH].[HH]. The van der Waals surface area contributed by atoms with Gasteiger partial charge >= 0.3 is 0 Å². The summed E-state index contributed by atoms with van der Waals surface area (Å²) in [7, 11) is -3.76. The molecule has 0 saturated carbocycles. The van der Waals surface area contributed by atoms with E-state index in [0.29, 0.717) is 31.9 Å². The number of hydrogen-bond donors (Lipinski definition) is 2. The Morgan fingerprint density at radius 3 is 2.32 bits per heavy atom. The van der Waals surface area contributed by atoms with E-state index in [1.165, 1.54) is 30.7 Å². The second-order valence-electron chi connectivity index (χ2n) is 7.88. The highest BCUT2D eigenvalue weighted by molar-refractivity contribution is 7.92. The number of carbonyl (C=O) groups excluding carboxylic acids is 1. The van der Waals surface area contributed by atoms with E-state index in [4.69, 9.17) is 0 Å². The normalized spacial score (nSPS) is 15.0. The van der Waals surface area contributed by atoms with Crippen LogP contribution in [0.2, 0.25) is 0 Å². The molecule has 2 aromatic carbocycles. The van der Waals surface area contributed by atoms with Gasteiger partial charge < -0.3 is 15.1 Å². The van der Waals surface area contributed by atoms with Crippen molar-refractivity contribution < 1.29 is 20.5 Å². The first-order valence-electron chi connectivity index (χ1n) is 10.8. The maximum absolute atomic E-state index is 13.1. The fraction of sp³-hybridized carbons (Fsp3) is 0.261. The molecule has 9 nitrogen and oxygen atoms in total. The number of carbonyl (C=O) groups is 1. The summed E-state index contributed by atoms with van der Waals surface area (Å²) in [5, 5.41) is 3.10. The summed E-state index contributed by atoms with van der Waals surface area (Å²) < 4.78 is 40.6. The van der Waals surface area contributed by atoms with E-state index in [-0.39, 0.29) is 25.3 Å². The number of benzene rings is 2. The van der Waals surface area contributed by atoms with E-state index in [0.717, 1.165) is 5.69 Å². The van der Waals surface area contributed by atoms with E-state index < -0.39 is 16.1 Å². The molecule has 1 saturated heterocycles. The van der Waals surface area contributed by atoms with Gasteiger partial charge in [0, 0.05) is 46.6 Å². The lowest BCUT2D eigenvalue weighted by Crippen LogP contribution is -2.52. The van der Waals surface area contributed by atoms with Gasteiger partial charge in [0.05, 0.1) is 4.90 Å². The zero-order valence-electron chi connectivity index (χ0n) is 18.6. The summed E-state index contributed by atoms with van der Waals surface area (Å²) >= 11 is 0. The molecule has 1 atom stereocenters. The van der Waals surface area contributed by atoms with E-state index in [9.17, 15) is 17.6 Å². The monoisotopic (exact) mass is 488 g/mol. The van der Waals surface area contributed by atoms with Gasteiger partial charge in [-0.25, -0.2) is 22.8 Å². The van der Waals surface area contributed by atoms with Crippen LogP contribution in [0.15, 0.2) is 72.0 Å². The Bertz CT molecular complexity index is 1230. The van der Waals surface area contributed by atoms with Gasteiger partial charge in [0.15, 0.2) is 0 Å². The number of anilines is 3. The zero-order chi connectivity index (χ0) is 24.1. The predicted octanol–water partition coefficient (Wildman–Crippen LogP) is 3.06. The average molecular weight is 489 g/mol. The molecule has 3 aromatic rings. The quantitative estimate of drug-likeness (QED) is 0.526. The highest BCUT2D eigenvalue weighted by Gasteiger charge is 2.25. The molecule has 0 spiro atoms. The Balaban J connectivity index is 0.00000228. The van der Waals surface area contributed by atoms with Crippen LogP contribution in [0.5, 0.6) is 0 Å². The molecule has 2 heterocycles. The number of rotatable bonds is 7. The molecule has 0 bridgehead atoms. The minimum Gasteiger partial charge on any atom is -0.374 e. The van der Waals surface area contributed by atoms with Crippen LogP contribution < -0.4 is 14.9 Å². The second kappa shape index (κ2) is 10.0. The fourth-order valence-corrected chi connectivity index (χ4v) is 4.71. The Hall–Kier alpha value is -3.73. The highest BCUT2D eigenvalue weighted by Crippen LogP contribution is 2.21. The van der Waals surface area contributed by atoms with Crippen molar-refractivity contribution in [1.82, 2.24) is 14.9 Å². The summed E-state index contributed by atoms with van der Waals surface area (Å²) in [6, 6.07) is 13.5. The van der Waals surface area contributed by atoms with Crippen LogP contribution in [-0.4, -0.2) is 61.4 Å². The summed E-state index contributed by atoms with van der Waals surface area (Å²) in [6.07, 6.45) is 2.73. The lowest BCUT2D eigenvalue weighted by molar-refractivity contribution is -0.131. The maximum Gasteiger partial charge on any atom is 0.263 e. The van der Waals surface area contributed by atoms with Crippen LogP contribution in [0.1, 0.15) is 9.78 Å². The molecule has 1 amide bonds. The topological polar surface area (TPSA) is 108 Å². The molecule has 0 radical (unpaired) electrons. The van der Waals surface area contributed by atoms with Gasteiger partial charge in [0.1, 0.15) is 24.0 Å². The Morgan fingerprint density at radius 1 is 1.03 bits per heavy atom. The Morgan fingerprint density at radius 2 is 1.71 bits per heavy atom. The fourth-order valence-electron chi connectivity index (χ4n) is 3.70. The summed E-state index contributed by atoms with van der Waals surface area (Å²) in [5.41, 5.74) is 1.57. The number of aromatic nitrogens is 2. The van der Waals surface area contributed by atoms with Crippen LogP contribution >= 0.6 is 0 Å². The van der Waals surface area contributed by atoms with Gasteiger partial charge in [-0.1, -0.05) is 0 Å². The lowest BCUT2D eigenvalue weighted by Gasteiger charge is -2.37. The van der Waals surface area contributed by atoms with Crippen molar-refractivity contribution in [3.63, 3.8) is 0 Å². The molecule has 182 valence electrons. The van der Waals surface area contributed by atoms with Gasteiger partial charge in [-0.15, -0.1) is 0 Å². The zero-order valence-corrected chi connectivity index (χ0v) is 19.4. The highest BCUT2D eigenvalue weighted by atomic mass is 32.2. The van der Waals surface area contributed by atoms with Crippen molar-refractivity contribution in [2.75, 3.05) is 41.1 Å². The first-order chi connectivity index (χ1) is 16.3. The molecule has 1 aliphatic rings. The summed E-state index contributed by atoms with van der Waals surface area (Å²) in [5.74, 6) is -0.155. The Kier molecular flexibility index (Phi) is 6.92. The van der Waals surface area contributed by atoms with Crippen LogP contribution in [0.3, 0.4) is 0 Å². The minimum absolute atomic E-state index is 0. The van der Waals surface area contributed by atoms with Gasteiger partial charge in [0.25, 0.3) is 10.0 Å². The minimum atomic E-state index is -3.76. The van der Waals surface area contributed by atoms with Gasteiger partial charge in [0.2, 0.25) is 5.91 Å². The number of hydrogen-bond acceptors (Lipinski definition) is 7. The lowest BCUT2D eigenvalue weighted by atomic mass is 10.2. The van der Waals surface area contributed by atoms with Gasteiger partial charge in [-0.05, 0) is 61.5 Å². The van der Waals surface area contributed by atoms with Crippen molar-refractivity contribution >= 4 is 33.1 Å². The number of halogens is 1. The number of nitrogens with zero attached hydrogens (tertiary/aromatic N) is 4. The number of amides is 1. The van der Waals surface area contributed by atoms with E-state index >= 15 is 0 Å². The largest absolute Gasteiger partial charge is 0.374 e. The molecule has 1 fully saturated rings. The van der Waals surface area contributed by atoms with Crippen LogP contribution in [0.25, 0.3) is 0 Å². The van der Waals surface area contributed by atoms with Crippen molar-refractivity contribution in [3.05, 3.63) is 72.9 Å². The molecule has 1 aliphatic heterocycles. The van der Waals surface area contributed by atoms with Crippen molar-refractivity contribution in [3.8, 4) is 0 Å². The van der Waals surface area contributed by atoms with E-state index in [1.54, 1.807) is 48.2 Å². The molecular formula is C23H29FN6O3S. The molecule has 4 rings (SSSR count). The van der Waals surface area contributed by atoms with Crippen molar-refractivity contribution in [2.24, 2.45) is 0 Å². The molecule has 1 aromatic heterocycles. The van der Waals surface area contributed by atoms with Crippen LogP contribution in [-0.2, 0) is 14.8 Å². The second-order valence-corrected chi connectivity index (χ2v) is 9.56. The van der Waals surface area contributed by atoms with Gasteiger partial charge in [-0.2, -0.15) is 0 Å². The first-order valence-corrected chi connectivity index (χ1v) is 12.2. The summed E-state index contributed by atoms with van der Waals surface area (Å²) in [4.78, 5) is 24.5. The number of sulfonamides is 1. The van der Waals surface area contributed by atoms with E-state index in [1.807, 2.05) is 0 Å². The molecule has 0 aliphatic carbocycles. The van der Waals surface area contributed by atoms with Crippen molar-refractivity contribution in [2.45, 2.75) is 17.9 Å². The summed E-state index contributed by atoms with van der Waals surface area (Å²) in [6.45, 7) is 4.13. The third-order valence-electron chi connectivity index (χ3n) is 5.52. The van der Waals surface area contributed by atoms with E-state index in [2.05, 4.69) is 24.9 Å². The Labute approximate surface area is 200 Å². The molecule has 2 N–H and O–H groups in total. The van der Waals surface area contributed by atoms with Crippen LogP contribution in [0, 0.1) is 5.82 Å². The number of nitrogens with one attached hydrogen (secondary N) is 2. The smallest absolute Gasteiger partial charge is 0.263 e. The third kappa shape index (κ3) is 5.60. The molecule has 11 heteroatoms.